The first-order valence-electron chi connectivity index (χ1n) is 15.2. The van der Waals surface area contributed by atoms with Crippen molar-refractivity contribution in [1.29, 1.82) is 0 Å². The summed E-state index contributed by atoms with van der Waals surface area (Å²) in [4.78, 5) is 40.1. The van der Waals surface area contributed by atoms with Crippen LogP contribution >= 0.6 is 0 Å². The van der Waals surface area contributed by atoms with Gasteiger partial charge in [0.25, 0.3) is 0 Å². The maximum atomic E-state index is 12.7. The lowest BCUT2D eigenvalue weighted by molar-refractivity contribution is -0.137. The Morgan fingerprint density at radius 2 is 1.53 bits per heavy atom. The standard InChI is InChI=1S/C34H44N4O7/c1-24(2)31(39)7-4-5-19-44-29-14-10-26(11-15-29)37-34(42)38-27(22-33(40)41)21-25-8-12-28(13-9-25)45-20-6-17-35-32-23-30(43-3)16-18-36-32/h8-16,18,23-24,27H,4-7,17,19-22H2,1-3H3,(H,35,36)(H,40,41)(H2,37,38,42)/t27-/m0/s1. The van der Waals surface area contributed by atoms with Crippen LogP contribution in [0.1, 0.15) is 51.5 Å². The summed E-state index contributed by atoms with van der Waals surface area (Å²) in [6.07, 6.45) is 4.69. The van der Waals surface area contributed by atoms with Crippen molar-refractivity contribution in [3.05, 3.63) is 72.4 Å². The van der Waals surface area contributed by atoms with Gasteiger partial charge in [0, 0.05) is 42.9 Å². The molecule has 11 nitrogen and oxygen atoms in total. The Morgan fingerprint density at radius 3 is 2.18 bits per heavy atom. The molecule has 242 valence electrons. The van der Waals surface area contributed by atoms with Crippen LogP contribution in [0.25, 0.3) is 0 Å². The van der Waals surface area contributed by atoms with Gasteiger partial charge in [0.1, 0.15) is 28.8 Å². The van der Waals surface area contributed by atoms with Crippen molar-refractivity contribution in [2.45, 2.75) is 58.4 Å². The van der Waals surface area contributed by atoms with Crippen molar-refractivity contribution in [3.63, 3.8) is 0 Å². The van der Waals surface area contributed by atoms with Gasteiger partial charge in [0.15, 0.2) is 0 Å². The van der Waals surface area contributed by atoms with Gasteiger partial charge in [-0.1, -0.05) is 26.0 Å². The number of carbonyl (C=O) groups is 3. The summed E-state index contributed by atoms with van der Waals surface area (Å²) < 4.78 is 16.7. The molecule has 0 aliphatic rings. The third-order valence-corrected chi connectivity index (χ3v) is 6.87. The van der Waals surface area contributed by atoms with Gasteiger partial charge in [-0.3, -0.25) is 9.59 Å². The number of Topliss-reactive ketones (excluding diaryl/α,β-unsaturated/α-hetero) is 1. The number of aliphatic carboxylic acids is 1. The fourth-order valence-corrected chi connectivity index (χ4v) is 4.37. The molecular formula is C34H44N4O7. The van der Waals surface area contributed by atoms with Crippen LogP contribution in [0, 0.1) is 5.92 Å². The molecule has 0 spiro atoms. The highest BCUT2D eigenvalue weighted by Gasteiger charge is 2.17. The van der Waals surface area contributed by atoms with E-state index in [4.69, 9.17) is 14.2 Å². The van der Waals surface area contributed by atoms with Crippen LogP contribution < -0.4 is 30.2 Å². The number of ketones is 1. The van der Waals surface area contributed by atoms with E-state index in [1.54, 1.807) is 43.6 Å². The Bertz CT molecular complexity index is 1350. The number of unbranched alkanes of at least 4 members (excludes halogenated alkanes) is 1. The number of nitrogens with zero attached hydrogens (tertiary/aromatic N) is 1. The molecule has 1 atom stereocenters. The van der Waals surface area contributed by atoms with Gasteiger partial charge >= 0.3 is 12.0 Å². The van der Waals surface area contributed by atoms with Crippen LogP contribution in [0.2, 0.25) is 0 Å². The Morgan fingerprint density at radius 1 is 0.867 bits per heavy atom. The number of amides is 2. The Balaban J connectivity index is 1.39. The predicted molar refractivity (Wildman–Crippen MR) is 173 cm³/mol. The second-order valence-corrected chi connectivity index (χ2v) is 10.9. The van der Waals surface area contributed by atoms with Crippen molar-refractivity contribution in [2.24, 2.45) is 5.92 Å². The topological polar surface area (TPSA) is 148 Å². The highest BCUT2D eigenvalue weighted by atomic mass is 16.5. The van der Waals surface area contributed by atoms with E-state index in [1.807, 2.05) is 44.2 Å². The highest BCUT2D eigenvalue weighted by molar-refractivity contribution is 5.89. The minimum Gasteiger partial charge on any atom is -0.497 e. The summed E-state index contributed by atoms with van der Waals surface area (Å²) in [5, 5.41) is 18.1. The van der Waals surface area contributed by atoms with E-state index in [9.17, 15) is 19.5 Å². The molecule has 1 heterocycles. The molecule has 0 saturated carbocycles. The monoisotopic (exact) mass is 620 g/mol. The molecule has 3 aromatic rings. The number of carbonyl (C=O) groups excluding carboxylic acids is 2. The van der Waals surface area contributed by atoms with Gasteiger partial charge in [-0.2, -0.15) is 0 Å². The van der Waals surface area contributed by atoms with Crippen LogP contribution in [-0.2, 0) is 16.0 Å². The molecule has 0 bridgehead atoms. The van der Waals surface area contributed by atoms with Crippen molar-refractivity contribution in [1.82, 2.24) is 10.3 Å². The number of hydrogen-bond donors (Lipinski definition) is 4. The summed E-state index contributed by atoms with van der Waals surface area (Å²) in [5.41, 5.74) is 1.42. The van der Waals surface area contributed by atoms with Crippen LogP contribution in [0.3, 0.4) is 0 Å². The average Bonchev–Trinajstić information content (AvgIpc) is 3.02. The third-order valence-electron chi connectivity index (χ3n) is 6.87. The SMILES string of the molecule is COc1ccnc(NCCCOc2ccc(C[C@@H](CC(=O)O)NC(=O)Nc3ccc(OCCCCC(=O)C(C)C)cc3)cc2)c1. The largest absolute Gasteiger partial charge is 0.497 e. The van der Waals surface area contributed by atoms with Gasteiger partial charge in [-0.05, 0) is 73.7 Å². The van der Waals surface area contributed by atoms with E-state index in [2.05, 4.69) is 20.9 Å². The first-order chi connectivity index (χ1) is 21.7. The Kier molecular flexibility index (Phi) is 14.5. The minimum absolute atomic E-state index is 0.0589. The third kappa shape index (κ3) is 13.6. The molecular weight excluding hydrogens is 576 g/mol. The normalized spacial score (nSPS) is 11.4. The first kappa shape index (κ1) is 34.7. The molecule has 0 aliphatic heterocycles. The molecule has 3 rings (SSSR count). The van der Waals surface area contributed by atoms with Gasteiger partial charge in [-0.15, -0.1) is 0 Å². The maximum absolute atomic E-state index is 12.7. The zero-order chi connectivity index (χ0) is 32.4. The van der Waals surface area contributed by atoms with Gasteiger partial charge in [0.05, 0.1) is 26.7 Å². The first-order valence-corrected chi connectivity index (χ1v) is 15.2. The minimum atomic E-state index is -1.01. The highest BCUT2D eigenvalue weighted by Crippen LogP contribution is 2.18. The molecule has 0 unspecified atom stereocenters. The van der Waals surface area contributed by atoms with Gasteiger partial charge in [0.2, 0.25) is 0 Å². The number of aromatic nitrogens is 1. The number of anilines is 2. The van der Waals surface area contributed by atoms with Crippen LogP contribution in [0.4, 0.5) is 16.3 Å². The van der Waals surface area contributed by atoms with E-state index < -0.39 is 18.0 Å². The lowest BCUT2D eigenvalue weighted by Crippen LogP contribution is -2.40. The van der Waals surface area contributed by atoms with E-state index >= 15 is 0 Å². The maximum Gasteiger partial charge on any atom is 0.319 e. The van der Waals surface area contributed by atoms with Crippen LogP contribution in [-0.4, -0.2) is 60.8 Å². The molecule has 2 aromatic carbocycles. The summed E-state index contributed by atoms with van der Waals surface area (Å²) in [6, 6.07) is 16.8. The summed E-state index contributed by atoms with van der Waals surface area (Å²) in [5.74, 6) is 2.15. The Labute approximate surface area is 264 Å². The fourth-order valence-electron chi connectivity index (χ4n) is 4.37. The molecule has 0 saturated heterocycles. The number of ether oxygens (including phenoxy) is 3. The molecule has 1 aromatic heterocycles. The number of pyridine rings is 1. The average molecular weight is 621 g/mol. The number of methoxy groups -OCH3 is 1. The van der Waals surface area contributed by atoms with E-state index in [1.165, 1.54) is 0 Å². The van der Waals surface area contributed by atoms with Crippen molar-refractivity contribution in [2.75, 3.05) is 37.5 Å². The second-order valence-electron chi connectivity index (χ2n) is 10.9. The second kappa shape index (κ2) is 18.8. The smallest absolute Gasteiger partial charge is 0.319 e. The number of rotatable bonds is 20. The zero-order valence-electron chi connectivity index (χ0n) is 26.2. The Hall–Kier alpha value is -4.80. The molecule has 0 fully saturated rings. The predicted octanol–water partition coefficient (Wildman–Crippen LogP) is 5.95. The molecule has 0 radical (unpaired) electrons. The molecule has 45 heavy (non-hydrogen) atoms. The number of urea groups is 1. The molecule has 11 heteroatoms. The van der Waals surface area contributed by atoms with Crippen molar-refractivity contribution < 1.29 is 33.7 Å². The van der Waals surface area contributed by atoms with E-state index in [-0.39, 0.29) is 18.1 Å². The number of benzene rings is 2. The van der Waals surface area contributed by atoms with E-state index in [0.29, 0.717) is 49.8 Å². The zero-order valence-corrected chi connectivity index (χ0v) is 26.2. The van der Waals surface area contributed by atoms with Crippen LogP contribution in [0.5, 0.6) is 17.2 Å². The number of carboxylic acids is 1. The number of hydrogen-bond acceptors (Lipinski definition) is 8. The summed E-state index contributed by atoms with van der Waals surface area (Å²) in [6.45, 7) is 5.50. The van der Waals surface area contributed by atoms with E-state index in [0.717, 1.165) is 36.4 Å². The number of carboxylic acid groups (broad SMARTS) is 1. The van der Waals surface area contributed by atoms with Gasteiger partial charge in [-0.25, -0.2) is 9.78 Å². The lowest BCUT2D eigenvalue weighted by Gasteiger charge is -2.18. The molecule has 0 aliphatic carbocycles. The summed E-state index contributed by atoms with van der Waals surface area (Å²) in [7, 11) is 1.61. The lowest BCUT2D eigenvalue weighted by atomic mass is 10.0. The van der Waals surface area contributed by atoms with Crippen LogP contribution in [0.15, 0.2) is 66.9 Å². The quantitative estimate of drug-likeness (QED) is 0.112. The van der Waals surface area contributed by atoms with Crippen molar-refractivity contribution in [3.8, 4) is 17.2 Å². The van der Waals surface area contributed by atoms with Crippen molar-refractivity contribution >= 4 is 29.3 Å². The summed E-state index contributed by atoms with van der Waals surface area (Å²) >= 11 is 0. The number of nitrogens with one attached hydrogen (secondary N) is 3. The fraction of sp³-hybridized carbons (Fsp3) is 0.412. The molecule has 4 N–H and O–H groups in total. The van der Waals surface area contributed by atoms with Gasteiger partial charge < -0.3 is 35.3 Å². The molecule has 2 amide bonds.